The molecule has 0 saturated carbocycles. The highest BCUT2D eigenvalue weighted by Gasteiger charge is 2.23. The number of aromatic nitrogens is 1. The standard InChI is InChI=1S/C11H12ClN3O3/c12-8-5-9(10(17)13-6-8)11(18)15-3-1-14(7-16)2-4-15/h5-7H,1-4H2,(H,13,17). The average Bonchev–Trinajstić information content (AvgIpc) is 2.41. The number of rotatable bonds is 2. The van der Waals surface area contributed by atoms with Crippen LogP contribution < -0.4 is 5.56 Å². The van der Waals surface area contributed by atoms with Gasteiger partial charge >= 0.3 is 0 Å². The molecule has 1 saturated heterocycles. The van der Waals surface area contributed by atoms with E-state index in [-0.39, 0.29) is 11.5 Å². The first kappa shape index (κ1) is 12.6. The van der Waals surface area contributed by atoms with Gasteiger partial charge in [-0.25, -0.2) is 0 Å². The van der Waals surface area contributed by atoms with Crippen LogP contribution in [0.2, 0.25) is 5.02 Å². The van der Waals surface area contributed by atoms with Crippen LogP contribution in [0.15, 0.2) is 17.1 Å². The number of hydrogen-bond acceptors (Lipinski definition) is 3. The Morgan fingerprint density at radius 1 is 1.33 bits per heavy atom. The molecule has 0 bridgehead atoms. The minimum atomic E-state index is -0.456. The van der Waals surface area contributed by atoms with Crippen molar-refractivity contribution in [3.8, 4) is 0 Å². The van der Waals surface area contributed by atoms with Crippen LogP contribution in [-0.4, -0.2) is 53.3 Å². The van der Waals surface area contributed by atoms with Crippen LogP contribution in [0, 0.1) is 0 Å². The van der Waals surface area contributed by atoms with Gasteiger partial charge < -0.3 is 14.8 Å². The number of nitrogens with zero attached hydrogens (tertiary/aromatic N) is 2. The van der Waals surface area contributed by atoms with Crippen molar-refractivity contribution < 1.29 is 9.59 Å². The fraction of sp³-hybridized carbons (Fsp3) is 0.364. The van der Waals surface area contributed by atoms with Gasteiger partial charge in [-0.05, 0) is 6.07 Å². The third-order valence-electron chi connectivity index (χ3n) is 2.85. The number of carbonyl (C=O) groups excluding carboxylic acids is 2. The zero-order valence-electron chi connectivity index (χ0n) is 9.56. The molecular weight excluding hydrogens is 258 g/mol. The molecule has 96 valence electrons. The van der Waals surface area contributed by atoms with Crippen LogP contribution in [0.25, 0.3) is 0 Å². The number of piperazine rings is 1. The summed E-state index contributed by atoms with van der Waals surface area (Å²) in [4.78, 5) is 39.7. The predicted molar refractivity (Wildman–Crippen MR) is 65.6 cm³/mol. The summed E-state index contributed by atoms with van der Waals surface area (Å²) in [6.07, 6.45) is 2.10. The SMILES string of the molecule is O=CN1CCN(C(=O)c2cc(Cl)c[nH]c2=O)CC1. The van der Waals surface area contributed by atoms with Crippen LogP contribution in [0.1, 0.15) is 10.4 Å². The van der Waals surface area contributed by atoms with E-state index in [9.17, 15) is 14.4 Å². The molecule has 0 aliphatic carbocycles. The van der Waals surface area contributed by atoms with Crippen molar-refractivity contribution in [2.45, 2.75) is 0 Å². The first-order valence-corrected chi connectivity index (χ1v) is 5.86. The van der Waals surface area contributed by atoms with Crippen molar-refractivity contribution in [3.63, 3.8) is 0 Å². The second-order valence-electron chi connectivity index (χ2n) is 3.99. The van der Waals surface area contributed by atoms with E-state index in [0.29, 0.717) is 31.2 Å². The summed E-state index contributed by atoms with van der Waals surface area (Å²) >= 11 is 5.75. The van der Waals surface area contributed by atoms with Crippen molar-refractivity contribution in [1.82, 2.24) is 14.8 Å². The molecule has 1 fully saturated rings. The molecule has 0 unspecified atom stereocenters. The largest absolute Gasteiger partial charge is 0.342 e. The lowest BCUT2D eigenvalue weighted by molar-refractivity contribution is -0.119. The van der Waals surface area contributed by atoms with Gasteiger partial charge in [-0.3, -0.25) is 14.4 Å². The second kappa shape index (κ2) is 5.22. The molecule has 1 aromatic rings. The van der Waals surface area contributed by atoms with Gasteiger partial charge in [-0.15, -0.1) is 0 Å². The van der Waals surface area contributed by atoms with Gasteiger partial charge in [0.25, 0.3) is 11.5 Å². The third kappa shape index (κ3) is 2.53. The number of hydrogen-bond donors (Lipinski definition) is 1. The minimum absolute atomic E-state index is 0.0297. The number of nitrogens with one attached hydrogen (secondary N) is 1. The van der Waals surface area contributed by atoms with E-state index in [4.69, 9.17) is 11.6 Å². The highest BCUT2D eigenvalue weighted by atomic mass is 35.5. The van der Waals surface area contributed by atoms with E-state index in [1.807, 2.05) is 0 Å². The number of H-pyrrole nitrogens is 1. The maximum absolute atomic E-state index is 12.1. The Morgan fingerprint density at radius 2 is 2.00 bits per heavy atom. The Labute approximate surface area is 108 Å². The van der Waals surface area contributed by atoms with Gasteiger partial charge in [0.05, 0.1) is 5.02 Å². The van der Waals surface area contributed by atoms with Gasteiger partial charge in [0.15, 0.2) is 0 Å². The van der Waals surface area contributed by atoms with Gasteiger partial charge in [0.2, 0.25) is 6.41 Å². The van der Waals surface area contributed by atoms with Crippen LogP contribution in [0.3, 0.4) is 0 Å². The summed E-state index contributed by atoms with van der Waals surface area (Å²) in [5, 5.41) is 0.310. The summed E-state index contributed by atoms with van der Waals surface area (Å²) in [6.45, 7) is 1.80. The number of aromatic amines is 1. The lowest BCUT2D eigenvalue weighted by atomic mass is 10.2. The lowest BCUT2D eigenvalue weighted by Crippen LogP contribution is -2.49. The summed E-state index contributed by atoms with van der Waals surface area (Å²) in [7, 11) is 0. The molecule has 2 rings (SSSR count). The van der Waals surface area contributed by atoms with Crippen LogP contribution in [-0.2, 0) is 4.79 Å². The summed E-state index contributed by atoms with van der Waals surface area (Å²) in [5.41, 5.74) is -0.427. The molecular formula is C11H12ClN3O3. The molecule has 2 amide bonds. The Hall–Kier alpha value is -1.82. The molecule has 1 aliphatic rings. The summed E-state index contributed by atoms with van der Waals surface area (Å²) in [5.74, 6) is -0.357. The summed E-state index contributed by atoms with van der Waals surface area (Å²) < 4.78 is 0. The van der Waals surface area contributed by atoms with Crippen molar-refractivity contribution in [2.24, 2.45) is 0 Å². The number of carbonyl (C=O) groups is 2. The van der Waals surface area contributed by atoms with Crippen molar-refractivity contribution in [3.05, 3.63) is 33.2 Å². The smallest absolute Gasteiger partial charge is 0.260 e. The highest BCUT2D eigenvalue weighted by Crippen LogP contribution is 2.09. The van der Waals surface area contributed by atoms with E-state index < -0.39 is 5.56 Å². The molecule has 0 radical (unpaired) electrons. The van der Waals surface area contributed by atoms with Crippen LogP contribution >= 0.6 is 11.6 Å². The fourth-order valence-electron chi connectivity index (χ4n) is 1.82. The molecule has 6 nitrogen and oxygen atoms in total. The zero-order valence-corrected chi connectivity index (χ0v) is 10.3. The molecule has 7 heteroatoms. The first-order chi connectivity index (χ1) is 8.61. The number of amides is 2. The number of pyridine rings is 1. The number of halogens is 1. The molecule has 1 aromatic heterocycles. The monoisotopic (exact) mass is 269 g/mol. The van der Waals surface area contributed by atoms with Gasteiger partial charge in [-0.1, -0.05) is 11.6 Å². The van der Waals surface area contributed by atoms with Gasteiger partial charge in [0.1, 0.15) is 5.56 Å². The van der Waals surface area contributed by atoms with E-state index >= 15 is 0 Å². The van der Waals surface area contributed by atoms with E-state index in [1.165, 1.54) is 12.3 Å². The Balaban J connectivity index is 2.15. The molecule has 1 N–H and O–H groups in total. The van der Waals surface area contributed by atoms with Gasteiger partial charge in [-0.2, -0.15) is 0 Å². The van der Waals surface area contributed by atoms with E-state index in [2.05, 4.69) is 4.98 Å². The van der Waals surface area contributed by atoms with E-state index in [0.717, 1.165) is 6.41 Å². The van der Waals surface area contributed by atoms with Crippen LogP contribution in [0.5, 0.6) is 0 Å². The molecule has 2 heterocycles. The zero-order chi connectivity index (χ0) is 13.1. The third-order valence-corrected chi connectivity index (χ3v) is 3.07. The topological polar surface area (TPSA) is 73.5 Å². The van der Waals surface area contributed by atoms with Crippen molar-refractivity contribution >= 4 is 23.9 Å². The fourth-order valence-corrected chi connectivity index (χ4v) is 1.98. The quantitative estimate of drug-likeness (QED) is 0.765. The predicted octanol–water partition coefficient (Wildman–Crippen LogP) is -0.0575. The highest BCUT2D eigenvalue weighted by molar-refractivity contribution is 6.30. The molecule has 1 aliphatic heterocycles. The van der Waals surface area contributed by atoms with Crippen molar-refractivity contribution in [2.75, 3.05) is 26.2 Å². The Morgan fingerprint density at radius 3 is 2.61 bits per heavy atom. The molecule has 0 atom stereocenters. The lowest BCUT2D eigenvalue weighted by Gasteiger charge is -2.32. The molecule has 0 spiro atoms. The van der Waals surface area contributed by atoms with Crippen molar-refractivity contribution in [1.29, 1.82) is 0 Å². The van der Waals surface area contributed by atoms with E-state index in [1.54, 1.807) is 9.80 Å². The maximum Gasteiger partial charge on any atom is 0.260 e. The Kier molecular flexibility index (Phi) is 3.66. The average molecular weight is 270 g/mol. The summed E-state index contributed by atoms with van der Waals surface area (Å²) in [6, 6.07) is 1.36. The minimum Gasteiger partial charge on any atom is -0.342 e. The second-order valence-corrected chi connectivity index (χ2v) is 4.43. The maximum atomic E-state index is 12.1. The Bertz CT molecular complexity index is 521. The normalized spacial score (nSPS) is 15.6. The molecule has 0 aromatic carbocycles. The first-order valence-electron chi connectivity index (χ1n) is 5.48. The molecule has 18 heavy (non-hydrogen) atoms. The van der Waals surface area contributed by atoms with Crippen LogP contribution in [0.4, 0.5) is 0 Å². The van der Waals surface area contributed by atoms with Gasteiger partial charge in [0, 0.05) is 32.4 Å².